The van der Waals surface area contributed by atoms with Crippen molar-refractivity contribution >= 4 is 5.69 Å². The van der Waals surface area contributed by atoms with Crippen molar-refractivity contribution in [3.05, 3.63) is 34.4 Å². The summed E-state index contributed by atoms with van der Waals surface area (Å²) in [6.07, 6.45) is 1.96. The fourth-order valence-corrected chi connectivity index (χ4v) is 1.66. The molecule has 0 radical (unpaired) electrons. The van der Waals surface area contributed by atoms with E-state index >= 15 is 0 Å². The number of nitro groups is 1. The molecule has 0 aliphatic heterocycles. The number of ether oxygens (including phenoxy) is 1. The van der Waals surface area contributed by atoms with Crippen LogP contribution in [0.4, 0.5) is 5.69 Å². The van der Waals surface area contributed by atoms with E-state index in [-0.39, 0.29) is 18.1 Å². The van der Waals surface area contributed by atoms with Gasteiger partial charge in [0, 0.05) is 19.2 Å². The number of nitrogens with one attached hydrogen (secondary N) is 1. The Hall–Kier alpha value is -1.37. The minimum absolute atomic E-state index is 0. The molecule has 6 nitrogen and oxygen atoms in total. The largest absolute Gasteiger partial charge is 1.00 e. The molecule has 0 heterocycles. The number of benzene rings is 1. The Labute approximate surface area is 132 Å². The van der Waals surface area contributed by atoms with E-state index in [2.05, 4.69) is 24.3 Å². The summed E-state index contributed by atoms with van der Waals surface area (Å²) in [5.74, 6) is 0.555. The molecule has 0 saturated heterocycles. The molecular formula is C14H23ClN3O3-. The van der Waals surface area contributed by atoms with Crippen molar-refractivity contribution in [2.75, 3.05) is 40.3 Å². The molecule has 1 aromatic carbocycles. The van der Waals surface area contributed by atoms with Gasteiger partial charge in [-0.25, -0.2) is 0 Å². The van der Waals surface area contributed by atoms with Gasteiger partial charge in [-0.1, -0.05) is 6.07 Å². The number of nitro benzene ring substituents is 1. The third-order valence-electron chi connectivity index (χ3n) is 2.78. The predicted octanol–water partition coefficient (Wildman–Crippen LogP) is -1.09. The third-order valence-corrected chi connectivity index (χ3v) is 2.78. The van der Waals surface area contributed by atoms with Gasteiger partial charge in [0.25, 0.3) is 5.69 Å². The number of rotatable bonds is 10. The molecule has 0 unspecified atom stereocenters. The second-order valence-electron chi connectivity index (χ2n) is 4.86. The highest BCUT2D eigenvalue weighted by Gasteiger charge is 2.05. The van der Waals surface area contributed by atoms with Crippen LogP contribution >= 0.6 is 0 Å². The minimum Gasteiger partial charge on any atom is -1.00 e. The molecule has 120 valence electrons. The summed E-state index contributed by atoms with van der Waals surface area (Å²) < 4.78 is 5.50. The fraction of sp³-hybridized carbons (Fsp3) is 0.571. The number of halogens is 1. The second-order valence-corrected chi connectivity index (χ2v) is 4.86. The van der Waals surface area contributed by atoms with Crippen molar-refractivity contribution in [2.24, 2.45) is 0 Å². The van der Waals surface area contributed by atoms with Crippen molar-refractivity contribution in [1.29, 1.82) is 0 Å². The van der Waals surface area contributed by atoms with Gasteiger partial charge in [-0.15, -0.1) is 0 Å². The maximum Gasteiger partial charge on any atom is 0.273 e. The summed E-state index contributed by atoms with van der Waals surface area (Å²) in [5.41, 5.74) is 0.0628. The van der Waals surface area contributed by atoms with Gasteiger partial charge < -0.3 is 27.4 Å². The van der Waals surface area contributed by atoms with Crippen LogP contribution in [0.25, 0.3) is 0 Å². The van der Waals surface area contributed by atoms with Gasteiger partial charge in [-0.05, 0) is 39.5 Å². The molecule has 0 atom stereocenters. The third kappa shape index (κ3) is 9.23. The van der Waals surface area contributed by atoms with Crippen LogP contribution in [0.2, 0.25) is 0 Å². The number of hydrogen-bond acceptors (Lipinski definition) is 5. The van der Waals surface area contributed by atoms with Crippen molar-refractivity contribution in [3.63, 3.8) is 0 Å². The molecule has 0 aliphatic rings. The molecule has 1 rings (SSSR count). The summed E-state index contributed by atoms with van der Waals surface area (Å²) >= 11 is 0. The SMILES string of the molecule is CN(C)CCNCCCCOc1cccc([N+](=O)[O-])c1.[Cl-]. The van der Waals surface area contributed by atoms with Gasteiger partial charge in [0.2, 0.25) is 0 Å². The Balaban J connectivity index is 0.00000400. The topological polar surface area (TPSA) is 67.6 Å². The number of unbranched alkanes of at least 4 members (excludes halogenated alkanes) is 1. The molecule has 0 aromatic heterocycles. The molecule has 0 fully saturated rings. The maximum atomic E-state index is 10.6. The molecule has 7 heteroatoms. The highest BCUT2D eigenvalue weighted by molar-refractivity contribution is 5.37. The maximum absolute atomic E-state index is 10.6. The van der Waals surface area contributed by atoms with Crippen LogP contribution in [-0.4, -0.2) is 50.2 Å². The lowest BCUT2D eigenvalue weighted by molar-refractivity contribution is -0.384. The van der Waals surface area contributed by atoms with E-state index in [0.717, 1.165) is 32.5 Å². The zero-order valence-corrected chi connectivity index (χ0v) is 13.3. The zero-order chi connectivity index (χ0) is 14.8. The monoisotopic (exact) mass is 316 g/mol. The molecule has 21 heavy (non-hydrogen) atoms. The first-order chi connectivity index (χ1) is 9.59. The Kier molecular flexibility index (Phi) is 10.6. The van der Waals surface area contributed by atoms with E-state index in [9.17, 15) is 10.1 Å². The summed E-state index contributed by atoms with van der Waals surface area (Å²) in [6, 6.07) is 6.29. The average molecular weight is 317 g/mol. The van der Waals surface area contributed by atoms with Gasteiger partial charge in [-0.3, -0.25) is 10.1 Å². The van der Waals surface area contributed by atoms with Crippen molar-refractivity contribution in [3.8, 4) is 5.75 Å². The Morgan fingerprint density at radius 2 is 2.05 bits per heavy atom. The van der Waals surface area contributed by atoms with Crippen LogP contribution in [0.3, 0.4) is 0 Å². The molecule has 1 N–H and O–H groups in total. The lowest BCUT2D eigenvalue weighted by atomic mass is 10.3. The van der Waals surface area contributed by atoms with E-state index in [1.165, 1.54) is 12.1 Å². The Morgan fingerprint density at radius 1 is 1.29 bits per heavy atom. The first-order valence-electron chi connectivity index (χ1n) is 6.82. The van der Waals surface area contributed by atoms with Gasteiger partial charge in [-0.2, -0.15) is 0 Å². The average Bonchev–Trinajstić information content (AvgIpc) is 2.41. The quantitative estimate of drug-likeness (QED) is 0.337. The molecule has 0 spiro atoms. The van der Waals surface area contributed by atoms with Gasteiger partial charge >= 0.3 is 0 Å². The van der Waals surface area contributed by atoms with E-state index in [1.54, 1.807) is 12.1 Å². The highest BCUT2D eigenvalue weighted by Crippen LogP contribution is 2.19. The Bertz CT molecular complexity index is 416. The first kappa shape index (κ1) is 19.6. The van der Waals surface area contributed by atoms with Crippen molar-refractivity contribution < 1.29 is 22.1 Å². The lowest BCUT2D eigenvalue weighted by Gasteiger charge is -2.10. The van der Waals surface area contributed by atoms with Crippen LogP contribution in [0.5, 0.6) is 5.75 Å². The van der Waals surface area contributed by atoms with E-state index in [1.807, 2.05) is 0 Å². The molecule has 1 aromatic rings. The van der Waals surface area contributed by atoms with Crippen LogP contribution in [0.15, 0.2) is 24.3 Å². The summed E-state index contributed by atoms with van der Waals surface area (Å²) in [5, 5.41) is 14.0. The van der Waals surface area contributed by atoms with E-state index < -0.39 is 4.92 Å². The fourth-order valence-electron chi connectivity index (χ4n) is 1.66. The number of non-ortho nitro benzene ring substituents is 1. The van der Waals surface area contributed by atoms with E-state index in [0.29, 0.717) is 12.4 Å². The van der Waals surface area contributed by atoms with Crippen LogP contribution in [-0.2, 0) is 0 Å². The number of hydrogen-bond donors (Lipinski definition) is 1. The van der Waals surface area contributed by atoms with Gasteiger partial charge in [0.1, 0.15) is 5.75 Å². The highest BCUT2D eigenvalue weighted by atomic mass is 35.5. The molecule has 0 saturated carbocycles. The number of likely N-dealkylation sites (N-methyl/N-ethyl adjacent to an activating group) is 1. The zero-order valence-electron chi connectivity index (χ0n) is 12.5. The van der Waals surface area contributed by atoms with E-state index in [4.69, 9.17) is 4.74 Å². The summed E-state index contributed by atoms with van der Waals surface area (Å²) in [4.78, 5) is 12.3. The molecular weight excluding hydrogens is 294 g/mol. The van der Waals surface area contributed by atoms with Gasteiger partial charge in [0.05, 0.1) is 17.6 Å². The standard InChI is InChI=1S/C14H23N3O3.ClH/c1-16(2)10-9-15-8-3-4-11-20-14-7-5-6-13(12-14)17(18)19;/h5-7,12,15H,3-4,8-11H2,1-2H3;1H/p-1. The summed E-state index contributed by atoms with van der Waals surface area (Å²) in [6.45, 7) is 3.56. The second kappa shape index (κ2) is 11.3. The minimum atomic E-state index is -0.415. The van der Waals surface area contributed by atoms with Crippen molar-refractivity contribution in [1.82, 2.24) is 10.2 Å². The Morgan fingerprint density at radius 3 is 2.71 bits per heavy atom. The molecule has 0 bridgehead atoms. The number of nitrogens with zero attached hydrogens (tertiary/aromatic N) is 2. The first-order valence-corrected chi connectivity index (χ1v) is 6.82. The van der Waals surface area contributed by atoms with Crippen LogP contribution in [0.1, 0.15) is 12.8 Å². The van der Waals surface area contributed by atoms with Crippen molar-refractivity contribution in [2.45, 2.75) is 12.8 Å². The summed E-state index contributed by atoms with van der Waals surface area (Å²) in [7, 11) is 4.10. The molecule has 0 amide bonds. The van der Waals surface area contributed by atoms with Crippen LogP contribution in [0, 0.1) is 10.1 Å². The lowest BCUT2D eigenvalue weighted by Crippen LogP contribution is -3.00. The van der Waals surface area contributed by atoms with Gasteiger partial charge in [0.15, 0.2) is 0 Å². The van der Waals surface area contributed by atoms with Crippen LogP contribution < -0.4 is 22.5 Å². The predicted molar refractivity (Wildman–Crippen MR) is 79.2 cm³/mol. The molecule has 0 aliphatic carbocycles. The smallest absolute Gasteiger partial charge is 0.273 e. The normalized spacial score (nSPS) is 10.2.